The summed E-state index contributed by atoms with van der Waals surface area (Å²) in [5.74, 6) is 0.653. The Balaban J connectivity index is 1.36. The quantitative estimate of drug-likeness (QED) is 0.282. The van der Waals surface area contributed by atoms with Gasteiger partial charge in [0.05, 0.1) is 18.9 Å². The van der Waals surface area contributed by atoms with Crippen molar-refractivity contribution in [2.45, 2.75) is 64.5 Å². The van der Waals surface area contributed by atoms with Gasteiger partial charge in [0.2, 0.25) is 11.9 Å². The molecule has 1 aliphatic carbocycles. The Hall–Kier alpha value is -4.28. The largest absolute Gasteiger partial charge is 0.494 e. The van der Waals surface area contributed by atoms with Crippen molar-refractivity contribution in [2.24, 2.45) is 4.99 Å². The number of carbonyl (C=O) groups is 3. The van der Waals surface area contributed by atoms with E-state index >= 15 is 0 Å². The molecule has 0 bridgehead atoms. The molecule has 1 fully saturated rings. The van der Waals surface area contributed by atoms with Crippen molar-refractivity contribution >= 4 is 40.9 Å². The Morgan fingerprint density at radius 1 is 1.00 bits per heavy atom. The molecule has 0 atom stereocenters. The second kappa shape index (κ2) is 15.3. The first-order valence-electron chi connectivity index (χ1n) is 15.1. The third-order valence-corrected chi connectivity index (χ3v) is 7.75. The molecule has 0 unspecified atom stereocenters. The average Bonchev–Trinajstić information content (AvgIpc) is 3.00. The van der Waals surface area contributed by atoms with Gasteiger partial charge in [0, 0.05) is 57.1 Å². The van der Waals surface area contributed by atoms with E-state index in [0.29, 0.717) is 49.2 Å². The molecule has 1 heterocycles. The number of aliphatic imine (C=N–C) groups is 1. The molecule has 3 amide bonds. The van der Waals surface area contributed by atoms with Gasteiger partial charge in [-0.25, -0.2) is 9.79 Å². The molecule has 0 radical (unpaired) electrons. The molecule has 0 spiro atoms. The fraction of sp³-hybridized carbons (Fsp3) is 0.500. The van der Waals surface area contributed by atoms with E-state index in [2.05, 4.69) is 15.6 Å². The van der Waals surface area contributed by atoms with E-state index in [9.17, 15) is 14.4 Å². The number of hydrogen-bond acceptors (Lipinski definition) is 8. The van der Waals surface area contributed by atoms with Gasteiger partial charge in [0.25, 0.3) is 0 Å². The third-order valence-electron chi connectivity index (χ3n) is 7.75. The summed E-state index contributed by atoms with van der Waals surface area (Å²) >= 11 is 0. The summed E-state index contributed by atoms with van der Waals surface area (Å²) in [4.78, 5) is 48.0. The normalized spacial score (nSPS) is 14.7. The number of benzene rings is 2. The average molecular weight is 593 g/mol. The molecule has 2 aromatic carbocycles. The van der Waals surface area contributed by atoms with Crippen LogP contribution in [0.4, 0.5) is 21.9 Å². The smallest absolute Gasteiger partial charge is 0.326 e. The number of rotatable bonds is 11. The van der Waals surface area contributed by atoms with Crippen molar-refractivity contribution in [1.29, 1.82) is 0 Å². The standard InChI is InChI=1S/C32H44N6O5/c1-5-42-30(40)22-38-21-23-20-27(43-19-9-12-29(39)37(4)26-10-7-6-8-11-26)17-18-28(23)34-31(38)35-32(41)33-24-13-15-25(16-14-24)36(2)3/h13-18,20,26H,5-12,19,21-22H2,1-4H3,(H2,33,34,35,41). The van der Waals surface area contributed by atoms with Gasteiger partial charge >= 0.3 is 12.0 Å². The molecule has 1 aliphatic heterocycles. The molecule has 0 saturated heterocycles. The number of nitrogens with one attached hydrogen (secondary N) is 2. The first-order chi connectivity index (χ1) is 20.7. The lowest BCUT2D eigenvalue weighted by Crippen LogP contribution is -2.48. The molecular weight excluding hydrogens is 548 g/mol. The van der Waals surface area contributed by atoms with E-state index in [0.717, 1.165) is 24.1 Å². The van der Waals surface area contributed by atoms with Crippen molar-refractivity contribution < 1.29 is 23.9 Å². The van der Waals surface area contributed by atoms with Gasteiger partial charge in [-0.05, 0) is 68.7 Å². The highest BCUT2D eigenvalue weighted by Crippen LogP contribution is 2.30. The van der Waals surface area contributed by atoms with Gasteiger partial charge in [0.1, 0.15) is 12.3 Å². The summed E-state index contributed by atoms with van der Waals surface area (Å²) in [7, 11) is 5.81. The maximum Gasteiger partial charge on any atom is 0.326 e. The number of amides is 3. The Kier molecular flexibility index (Phi) is 11.2. The van der Waals surface area contributed by atoms with Crippen LogP contribution >= 0.6 is 0 Å². The van der Waals surface area contributed by atoms with Crippen molar-refractivity contribution in [2.75, 3.05) is 51.1 Å². The van der Waals surface area contributed by atoms with Gasteiger partial charge in [-0.1, -0.05) is 19.3 Å². The molecule has 2 aromatic rings. The maximum atomic E-state index is 12.8. The zero-order valence-corrected chi connectivity index (χ0v) is 25.7. The molecule has 1 saturated carbocycles. The minimum atomic E-state index is -0.475. The van der Waals surface area contributed by atoms with E-state index in [1.807, 2.05) is 73.4 Å². The monoisotopic (exact) mass is 592 g/mol. The summed E-state index contributed by atoms with van der Waals surface area (Å²) in [6, 6.07) is 12.9. The number of carbonyl (C=O) groups excluding carboxylic acids is 3. The van der Waals surface area contributed by atoms with Crippen LogP contribution in [0.25, 0.3) is 0 Å². The molecule has 2 aliphatic rings. The van der Waals surface area contributed by atoms with Crippen LogP contribution in [0.2, 0.25) is 0 Å². The molecule has 4 rings (SSSR count). The van der Waals surface area contributed by atoms with Crippen molar-refractivity contribution in [3.05, 3.63) is 48.0 Å². The maximum absolute atomic E-state index is 12.8. The highest BCUT2D eigenvalue weighted by atomic mass is 16.5. The lowest BCUT2D eigenvalue weighted by Gasteiger charge is -2.31. The molecule has 0 aromatic heterocycles. The van der Waals surface area contributed by atoms with Gasteiger partial charge in [-0.2, -0.15) is 0 Å². The highest BCUT2D eigenvalue weighted by Gasteiger charge is 2.25. The number of hydrogen-bond donors (Lipinski definition) is 2. The molecular formula is C32H44N6O5. The summed E-state index contributed by atoms with van der Waals surface area (Å²) < 4.78 is 11.1. The van der Waals surface area contributed by atoms with Crippen LogP contribution in [0.5, 0.6) is 5.75 Å². The summed E-state index contributed by atoms with van der Waals surface area (Å²) in [6.07, 6.45) is 6.92. The fourth-order valence-corrected chi connectivity index (χ4v) is 5.32. The number of fused-ring (bicyclic) bond motifs is 1. The van der Waals surface area contributed by atoms with E-state index < -0.39 is 12.0 Å². The van der Waals surface area contributed by atoms with Crippen LogP contribution in [-0.2, 0) is 20.9 Å². The number of guanidine groups is 1. The minimum Gasteiger partial charge on any atom is -0.494 e. The summed E-state index contributed by atoms with van der Waals surface area (Å²) in [5, 5.41) is 5.59. The van der Waals surface area contributed by atoms with Crippen LogP contribution in [0.15, 0.2) is 47.5 Å². The molecule has 232 valence electrons. The third kappa shape index (κ3) is 9.10. The first-order valence-corrected chi connectivity index (χ1v) is 15.1. The first kappa shape index (κ1) is 31.7. The van der Waals surface area contributed by atoms with Crippen molar-refractivity contribution in [3.8, 4) is 5.75 Å². The van der Waals surface area contributed by atoms with E-state index in [-0.39, 0.29) is 25.0 Å². The van der Waals surface area contributed by atoms with E-state index in [4.69, 9.17) is 9.47 Å². The topological polar surface area (TPSA) is 116 Å². The molecule has 11 heteroatoms. The Morgan fingerprint density at radius 2 is 1.74 bits per heavy atom. The number of anilines is 2. The van der Waals surface area contributed by atoms with Crippen molar-refractivity contribution in [1.82, 2.24) is 15.1 Å². The lowest BCUT2D eigenvalue weighted by atomic mass is 9.94. The van der Waals surface area contributed by atoms with Crippen LogP contribution < -0.4 is 20.3 Å². The zero-order chi connectivity index (χ0) is 30.8. The Bertz CT molecular complexity index is 1290. The predicted molar refractivity (Wildman–Crippen MR) is 168 cm³/mol. The van der Waals surface area contributed by atoms with Gasteiger partial charge in [-0.3, -0.25) is 14.9 Å². The van der Waals surface area contributed by atoms with Crippen LogP contribution in [-0.4, -0.2) is 80.6 Å². The molecule has 43 heavy (non-hydrogen) atoms. The summed E-state index contributed by atoms with van der Waals surface area (Å²) in [5.41, 5.74) is 3.16. The number of esters is 1. The van der Waals surface area contributed by atoms with E-state index in [1.165, 1.54) is 19.3 Å². The van der Waals surface area contributed by atoms with E-state index in [1.54, 1.807) is 11.8 Å². The van der Waals surface area contributed by atoms with Crippen LogP contribution in [0, 0.1) is 0 Å². The minimum absolute atomic E-state index is 0.0777. The molecule has 2 N–H and O–H groups in total. The number of nitrogens with zero attached hydrogens (tertiary/aromatic N) is 4. The zero-order valence-electron chi connectivity index (χ0n) is 25.7. The predicted octanol–water partition coefficient (Wildman–Crippen LogP) is 4.89. The number of urea groups is 1. The lowest BCUT2D eigenvalue weighted by molar-refractivity contribution is -0.143. The Morgan fingerprint density at radius 3 is 2.44 bits per heavy atom. The second-order valence-corrected chi connectivity index (χ2v) is 11.2. The van der Waals surface area contributed by atoms with Crippen LogP contribution in [0.1, 0.15) is 57.4 Å². The van der Waals surface area contributed by atoms with Gasteiger partial charge in [0.15, 0.2) is 0 Å². The summed E-state index contributed by atoms with van der Waals surface area (Å²) in [6.45, 7) is 2.67. The van der Waals surface area contributed by atoms with Gasteiger partial charge in [-0.15, -0.1) is 0 Å². The SMILES string of the molecule is CCOC(=O)CN1Cc2cc(OCCCC(=O)N(C)C3CCCCC3)ccc2N=C1NC(=O)Nc1ccc(N(C)C)cc1. The van der Waals surface area contributed by atoms with Crippen molar-refractivity contribution in [3.63, 3.8) is 0 Å². The highest BCUT2D eigenvalue weighted by molar-refractivity contribution is 6.04. The second-order valence-electron chi connectivity index (χ2n) is 11.2. The Labute approximate surface area is 254 Å². The molecule has 11 nitrogen and oxygen atoms in total. The van der Waals surface area contributed by atoms with Crippen LogP contribution in [0.3, 0.4) is 0 Å². The van der Waals surface area contributed by atoms with Gasteiger partial charge < -0.3 is 29.5 Å². The fourth-order valence-electron chi connectivity index (χ4n) is 5.32. The number of ether oxygens (including phenoxy) is 2.